The number of halogens is 2. The number of nitrogens with one attached hydrogen (secondary N) is 1. The second-order valence-corrected chi connectivity index (χ2v) is 6.61. The zero-order valence-corrected chi connectivity index (χ0v) is 14.6. The molecule has 2 rings (SSSR count). The third-order valence-electron chi connectivity index (χ3n) is 4.15. The number of nitrogens with zero attached hydrogens (tertiary/aromatic N) is 2. The van der Waals surface area contributed by atoms with E-state index >= 15 is 0 Å². The van der Waals surface area contributed by atoms with Crippen LogP contribution in [0.1, 0.15) is 18.4 Å². The molecule has 1 fully saturated rings. The average Bonchev–Trinajstić information content (AvgIpc) is 2.49. The fourth-order valence-electron chi connectivity index (χ4n) is 2.62. The van der Waals surface area contributed by atoms with Gasteiger partial charge in [-0.05, 0) is 26.1 Å². The lowest BCUT2D eigenvalue weighted by atomic mass is 10.00. The molecule has 0 aliphatic carbocycles. The normalized spacial score (nSPS) is 18.2. The predicted octanol–water partition coefficient (Wildman–Crippen LogP) is 2.46. The molecule has 1 unspecified atom stereocenters. The SMILES string of the molecule is CC(C(=O)NCCN1CCN(C)CC1)c1c(Cl)cccc1Cl. The van der Waals surface area contributed by atoms with Gasteiger partial charge in [-0.1, -0.05) is 29.3 Å². The van der Waals surface area contributed by atoms with Crippen LogP contribution in [-0.4, -0.2) is 62.0 Å². The summed E-state index contributed by atoms with van der Waals surface area (Å²) in [5.74, 6) is -0.391. The number of benzene rings is 1. The highest BCUT2D eigenvalue weighted by Crippen LogP contribution is 2.31. The van der Waals surface area contributed by atoms with E-state index in [2.05, 4.69) is 22.2 Å². The van der Waals surface area contributed by atoms with Crippen LogP contribution in [0.2, 0.25) is 10.0 Å². The van der Waals surface area contributed by atoms with Gasteiger partial charge in [-0.25, -0.2) is 0 Å². The number of amides is 1. The van der Waals surface area contributed by atoms with Crippen LogP contribution in [0, 0.1) is 0 Å². The van der Waals surface area contributed by atoms with E-state index in [1.807, 2.05) is 6.92 Å². The Hall–Kier alpha value is -0.810. The summed E-state index contributed by atoms with van der Waals surface area (Å²) in [4.78, 5) is 17.0. The molecule has 1 N–H and O–H groups in total. The van der Waals surface area contributed by atoms with Crippen LogP contribution in [0.15, 0.2) is 18.2 Å². The Kier molecular flexibility index (Phi) is 6.50. The largest absolute Gasteiger partial charge is 0.354 e. The molecule has 6 heteroatoms. The van der Waals surface area contributed by atoms with Crippen molar-refractivity contribution < 1.29 is 4.79 Å². The van der Waals surface area contributed by atoms with Crippen molar-refractivity contribution in [3.8, 4) is 0 Å². The maximum atomic E-state index is 12.3. The van der Waals surface area contributed by atoms with E-state index < -0.39 is 0 Å². The fourth-order valence-corrected chi connectivity index (χ4v) is 3.34. The van der Waals surface area contributed by atoms with Crippen LogP contribution < -0.4 is 5.32 Å². The van der Waals surface area contributed by atoms with Crippen LogP contribution in [0.3, 0.4) is 0 Å². The van der Waals surface area contributed by atoms with Gasteiger partial charge in [-0.2, -0.15) is 0 Å². The lowest BCUT2D eigenvalue weighted by Crippen LogP contribution is -2.47. The molecule has 0 saturated carbocycles. The van der Waals surface area contributed by atoms with Crippen molar-refractivity contribution in [2.75, 3.05) is 46.3 Å². The standard InChI is InChI=1S/C16H23Cl2N3O/c1-12(15-13(17)4-3-5-14(15)18)16(22)19-6-7-21-10-8-20(2)9-11-21/h3-5,12H,6-11H2,1-2H3,(H,19,22). The first-order valence-corrected chi connectivity index (χ1v) is 8.37. The van der Waals surface area contributed by atoms with Gasteiger partial charge in [0.1, 0.15) is 0 Å². The summed E-state index contributed by atoms with van der Waals surface area (Å²) in [5.41, 5.74) is 0.697. The minimum Gasteiger partial charge on any atom is -0.354 e. The molecule has 1 heterocycles. The summed E-state index contributed by atoms with van der Waals surface area (Å²) in [6.07, 6.45) is 0. The summed E-state index contributed by atoms with van der Waals surface area (Å²) >= 11 is 12.3. The fraction of sp³-hybridized carbons (Fsp3) is 0.562. The Balaban J connectivity index is 1.82. The van der Waals surface area contributed by atoms with Crippen molar-refractivity contribution in [2.24, 2.45) is 0 Å². The summed E-state index contributed by atoms with van der Waals surface area (Å²) in [6, 6.07) is 5.31. The van der Waals surface area contributed by atoms with Crippen molar-refractivity contribution in [3.63, 3.8) is 0 Å². The molecule has 1 saturated heterocycles. The molecule has 0 aromatic heterocycles. The van der Waals surface area contributed by atoms with Crippen LogP contribution in [0.25, 0.3) is 0 Å². The van der Waals surface area contributed by atoms with Gasteiger partial charge in [-0.15, -0.1) is 0 Å². The molecule has 22 heavy (non-hydrogen) atoms. The summed E-state index contributed by atoms with van der Waals surface area (Å²) < 4.78 is 0. The molecule has 122 valence electrons. The van der Waals surface area contributed by atoms with Gasteiger partial charge in [0.05, 0.1) is 5.92 Å². The van der Waals surface area contributed by atoms with Crippen LogP contribution in [0.5, 0.6) is 0 Å². The highest BCUT2D eigenvalue weighted by atomic mass is 35.5. The van der Waals surface area contributed by atoms with E-state index in [0.717, 1.165) is 32.7 Å². The van der Waals surface area contributed by atoms with E-state index in [9.17, 15) is 4.79 Å². The second kappa shape index (κ2) is 8.16. The molecular weight excluding hydrogens is 321 g/mol. The summed E-state index contributed by atoms with van der Waals surface area (Å²) in [6.45, 7) is 7.63. The topological polar surface area (TPSA) is 35.6 Å². The first kappa shape index (κ1) is 17.5. The molecule has 1 aliphatic heterocycles. The lowest BCUT2D eigenvalue weighted by molar-refractivity contribution is -0.122. The van der Waals surface area contributed by atoms with Gasteiger partial charge in [-0.3, -0.25) is 9.69 Å². The predicted molar refractivity (Wildman–Crippen MR) is 91.8 cm³/mol. The molecule has 1 aromatic carbocycles. The quantitative estimate of drug-likeness (QED) is 0.891. The molecule has 1 amide bonds. The van der Waals surface area contributed by atoms with Crippen molar-refractivity contribution in [2.45, 2.75) is 12.8 Å². The number of hydrogen-bond acceptors (Lipinski definition) is 3. The number of rotatable bonds is 5. The maximum Gasteiger partial charge on any atom is 0.227 e. The van der Waals surface area contributed by atoms with Crippen molar-refractivity contribution >= 4 is 29.1 Å². The molecule has 1 aliphatic rings. The monoisotopic (exact) mass is 343 g/mol. The first-order chi connectivity index (χ1) is 10.5. The van der Waals surface area contributed by atoms with Gasteiger partial charge < -0.3 is 10.2 Å². The van der Waals surface area contributed by atoms with E-state index in [0.29, 0.717) is 22.2 Å². The van der Waals surface area contributed by atoms with Gasteiger partial charge >= 0.3 is 0 Å². The lowest BCUT2D eigenvalue weighted by Gasteiger charge is -2.32. The van der Waals surface area contributed by atoms with Gasteiger partial charge in [0.2, 0.25) is 5.91 Å². The molecule has 0 spiro atoms. The molecule has 1 atom stereocenters. The third kappa shape index (κ3) is 4.59. The minimum atomic E-state index is -0.353. The second-order valence-electron chi connectivity index (χ2n) is 5.79. The smallest absolute Gasteiger partial charge is 0.227 e. The number of carbonyl (C=O) groups is 1. The van der Waals surface area contributed by atoms with Crippen molar-refractivity contribution in [1.29, 1.82) is 0 Å². The van der Waals surface area contributed by atoms with Crippen LogP contribution in [0.4, 0.5) is 0 Å². The molecule has 0 bridgehead atoms. The van der Waals surface area contributed by atoms with Crippen molar-refractivity contribution in [1.82, 2.24) is 15.1 Å². The van der Waals surface area contributed by atoms with Gasteiger partial charge in [0.15, 0.2) is 0 Å². The molecule has 4 nitrogen and oxygen atoms in total. The zero-order chi connectivity index (χ0) is 16.1. The number of likely N-dealkylation sites (N-methyl/N-ethyl adjacent to an activating group) is 1. The minimum absolute atomic E-state index is 0.0378. The van der Waals surface area contributed by atoms with E-state index in [1.54, 1.807) is 18.2 Å². The van der Waals surface area contributed by atoms with Crippen LogP contribution in [-0.2, 0) is 4.79 Å². The number of carbonyl (C=O) groups excluding carboxylic acids is 1. The number of piperazine rings is 1. The highest BCUT2D eigenvalue weighted by Gasteiger charge is 2.21. The first-order valence-electron chi connectivity index (χ1n) is 7.61. The van der Waals surface area contributed by atoms with Crippen molar-refractivity contribution in [3.05, 3.63) is 33.8 Å². The Labute approximate surface area is 142 Å². The Morgan fingerprint density at radius 3 is 2.41 bits per heavy atom. The molecule has 1 aromatic rings. The zero-order valence-electron chi connectivity index (χ0n) is 13.1. The van der Waals surface area contributed by atoms with Crippen LogP contribution >= 0.6 is 23.2 Å². The summed E-state index contributed by atoms with van der Waals surface area (Å²) in [7, 11) is 2.13. The third-order valence-corrected chi connectivity index (χ3v) is 4.81. The number of hydrogen-bond donors (Lipinski definition) is 1. The van der Waals surface area contributed by atoms with Gasteiger partial charge in [0, 0.05) is 54.9 Å². The van der Waals surface area contributed by atoms with E-state index in [1.165, 1.54) is 0 Å². The summed E-state index contributed by atoms with van der Waals surface area (Å²) in [5, 5.41) is 4.05. The highest BCUT2D eigenvalue weighted by molar-refractivity contribution is 6.36. The average molecular weight is 344 g/mol. The van der Waals surface area contributed by atoms with Gasteiger partial charge in [0.25, 0.3) is 0 Å². The Morgan fingerprint density at radius 2 is 1.82 bits per heavy atom. The van der Waals surface area contributed by atoms with E-state index in [4.69, 9.17) is 23.2 Å². The molecule has 0 radical (unpaired) electrons. The maximum absolute atomic E-state index is 12.3. The molecular formula is C16H23Cl2N3O. The Bertz CT molecular complexity index is 496. The van der Waals surface area contributed by atoms with E-state index in [-0.39, 0.29) is 11.8 Å². The Morgan fingerprint density at radius 1 is 1.23 bits per heavy atom.